The molecule has 34 heavy (non-hydrogen) atoms. The zero-order valence-corrected chi connectivity index (χ0v) is 18.7. The van der Waals surface area contributed by atoms with Crippen molar-refractivity contribution in [1.29, 1.82) is 0 Å². The van der Waals surface area contributed by atoms with E-state index in [1.165, 1.54) is 11.6 Å². The molecule has 0 saturated heterocycles. The van der Waals surface area contributed by atoms with Gasteiger partial charge in [0.05, 0.1) is 17.1 Å². The highest BCUT2D eigenvalue weighted by Crippen LogP contribution is 2.34. The van der Waals surface area contributed by atoms with Gasteiger partial charge in [0.25, 0.3) is 0 Å². The van der Waals surface area contributed by atoms with Crippen LogP contribution in [0, 0.1) is 5.82 Å². The summed E-state index contributed by atoms with van der Waals surface area (Å²) in [5.74, 6) is -0.275. The van der Waals surface area contributed by atoms with Crippen molar-refractivity contribution in [3.05, 3.63) is 71.8 Å². The number of nitrogens with zero attached hydrogens (tertiary/aromatic N) is 3. The predicted octanol–water partition coefficient (Wildman–Crippen LogP) is 4.40. The first-order valence-electron chi connectivity index (χ1n) is 11.4. The minimum absolute atomic E-state index is 0.275. The Morgan fingerprint density at radius 1 is 1.06 bits per heavy atom. The summed E-state index contributed by atoms with van der Waals surface area (Å²) in [6.45, 7) is 2.43. The molecule has 5 aromatic rings. The van der Waals surface area contributed by atoms with Crippen LogP contribution in [0.4, 0.5) is 4.39 Å². The predicted molar refractivity (Wildman–Crippen MR) is 133 cm³/mol. The summed E-state index contributed by atoms with van der Waals surface area (Å²) in [4.78, 5) is 12.7. The lowest BCUT2D eigenvalue weighted by Crippen LogP contribution is -2.20. The van der Waals surface area contributed by atoms with Gasteiger partial charge in [0, 0.05) is 47.3 Å². The molecule has 0 atom stereocenters. The van der Waals surface area contributed by atoms with Crippen molar-refractivity contribution in [3.8, 4) is 22.6 Å². The maximum Gasteiger partial charge on any atom is 0.181 e. The van der Waals surface area contributed by atoms with Gasteiger partial charge < -0.3 is 15.6 Å². The van der Waals surface area contributed by atoms with Crippen LogP contribution in [0.2, 0.25) is 0 Å². The van der Waals surface area contributed by atoms with E-state index in [2.05, 4.69) is 47.9 Å². The Morgan fingerprint density at radius 2 is 2.00 bits per heavy atom. The molecular weight excluding hydrogens is 429 g/mol. The largest absolute Gasteiger partial charge is 0.353 e. The standard InChI is InChI=1S/C26H24FN7/c1-28-13-15-8-17(10-19(27)9-15)24-20-12-23(32-22(20)4-7-30-24)25-21-11-18(14-31-26(21)34-33-25)16-2-5-29-6-3-16/h2,4,7-12,14,28-29,32H,3,5-6,13H2,1H3,(H,31,33,34). The SMILES string of the molecule is CNCc1cc(F)cc(-c2nccc3[nH]c(-c4[nH]nc5ncc(C6=CCNCC6)cc45)cc23)c1. The molecule has 8 heteroatoms. The monoisotopic (exact) mass is 453 g/mol. The fourth-order valence-corrected chi connectivity index (χ4v) is 4.68. The number of aromatic amines is 2. The van der Waals surface area contributed by atoms with Gasteiger partial charge in [-0.05, 0) is 73.1 Å². The fourth-order valence-electron chi connectivity index (χ4n) is 4.68. The number of rotatable bonds is 5. The van der Waals surface area contributed by atoms with E-state index < -0.39 is 0 Å². The van der Waals surface area contributed by atoms with E-state index >= 15 is 0 Å². The number of hydrogen-bond donors (Lipinski definition) is 4. The number of hydrogen-bond acceptors (Lipinski definition) is 5. The van der Waals surface area contributed by atoms with Crippen molar-refractivity contribution in [1.82, 2.24) is 35.8 Å². The number of halogens is 1. The van der Waals surface area contributed by atoms with Crippen LogP contribution in [0.15, 0.2) is 54.9 Å². The molecule has 4 aromatic heterocycles. The van der Waals surface area contributed by atoms with Crippen LogP contribution < -0.4 is 10.6 Å². The van der Waals surface area contributed by atoms with Crippen LogP contribution in [0.5, 0.6) is 0 Å². The maximum absolute atomic E-state index is 14.3. The molecule has 0 aliphatic carbocycles. The van der Waals surface area contributed by atoms with Gasteiger partial charge in [-0.3, -0.25) is 10.1 Å². The molecule has 1 aromatic carbocycles. The molecule has 0 saturated carbocycles. The van der Waals surface area contributed by atoms with Crippen molar-refractivity contribution < 1.29 is 4.39 Å². The highest BCUT2D eigenvalue weighted by molar-refractivity contribution is 5.99. The minimum Gasteiger partial charge on any atom is -0.353 e. The smallest absolute Gasteiger partial charge is 0.181 e. The van der Waals surface area contributed by atoms with Gasteiger partial charge in [-0.25, -0.2) is 9.37 Å². The lowest BCUT2D eigenvalue weighted by atomic mass is 10.0. The van der Waals surface area contributed by atoms with Crippen LogP contribution in [0.3, 0.4) is 0 Å². The molecule has 0 fully saturated rings. The Hall–Kier alpha value is -3.88. The second-order valence-corrected chi connectivity index (χ2v) is 8.56. The Bertz CT molecular complexity index is 1550. The van der Waals surface area contributed by atoms with Gasteiger partial charge in [0.1, 0.15) is 5.82 Å². The quantitative estimate of drug-likeness (QED) is 0.316. The molecule has 6 rings (SSSR count). The molecule has 5 heterocycles. The van der Waals surface area contributed by atoms with Gasteiger partial charge in [-0.2, -0.15) is 5.10 Å². The molecule has 0 unspecified atom stereocenters. The molecule has 0 bridgehead atoms. The molecule has 0 radical (unpaired) electrons. The second kappa shape index (κ2) is 8.48. The fraction of sp³-hybridized carbons (Fsp3) is 0.192. The first-order valence-corrected chi connectivity index (χ1v) is 11.4. The van der Waals surface area contributed by atoms with Gasteiger partial charge in [-0.15, -0.1) is 0 Å². The molecule has 170 valence electrons. The van der Waals surface area contributed by atoms with E-state index in [4.69, 9.17) is 0 Å². The Balaban J connectivity index is 1.46. The van der Waals surface area contributed by atoms with E-state index in [9.17, 15) is 4.39 Å². The highest BCUT2D eigenvalue weighted by atomic mass is 19.1. The first-order chi connectivity index (χ1) is 16.7. The van der Waals surface area contributed by atoms with Gasteiger partial charge in [-0.1, -0.05) is 6.08 Å². The molecule has 1 aliphatic heterocycles. The molecule has 1 aliphatic rings. The molecule has 4 N–H and O–H groups in total. The van der Waals surface area contributed by atoms with E-state index in [1.807, 2.05) is 31.4 Å². The first kappa shape index (κ1) is 20.7. The van der Waals surface area contributed by atoms with Gasteiger partial charge >= 0.3 is 0 Å². The van der Waals surface area contributed by atoms with Crippen molar-refractivity contribution in [2.45, 2.75) is 13.0 Å². The van der Waals surface area contributed by atoms with E-state index in [-0.39, 0.29) is 5.82 Å². The number of H-pyrrole nitrogens is 2. The van der Waals surface area contributed by atoms with Crippen molar-refractivity contribution in [2.24, 2.45) is 0 Å². The van der Waals surface area contributed by atoms with Crippen LogP contribution in [0.25, 0.3) is 50.2 Å². The average Bonchev–Trinajstić information content (AvgIpc) is 3.48. The summed E-state index contributed by atoms with van der Waals surface area (Å²) >= 11 is 0. The van der Waals surface area contributed by atoms with Crippen LogP contribution in [-0.2, 0) is 6.54 Å². The molecule has 7 nitrogen and oxygen atoms in total. The lowest BCUT2D eigenvalue weighted by Gasteiger charge is -2.13. The summed E-state index contributed by atoms with van der Waals surface area (Å²) in [6.07, 6.45) is 6.83. The van der Waals surface area contributed by atoms with Crippen LogP contribution in [-0.4, -0.2) is 45.3 Å². The molecule has 0 amide bonds. The zero-order chi connectivity index (χ0) is 23.1. The molecule has 0 spiro atoms. The van der Waals surface area contributed by atoms with Gasteiger partial charge in [0.15, 0.2) is 5.65 Å². The summed E-state index contributed by atoms with van der Waals surface area (Å²) in [5.41, 5.74) is 8.13. The number of fused-ring (bicyclic) bond motifs is 2. The Labute approximate surface area is 195 Å². The van der Waals surface area contributed by atoms with Crippen molar-refractivity contribution in [2.75, 3.05) is 20.1 Å². The van der Waals surface area contributed by atoms with E-state index in [0.717, 1.165) is 69.6 Å². The van der Waals surface area contributed by atoms with Crippen LogP contribution in [0.1, 0.15) is 17.5 Å². The number of nitrogens with one attached hydrogen (secondary N) is 4. The third kappa shape index (κ3) is 3.67. The third-order valence-corrected chi connectivity index (χ3v) is 6.27. The molecular formula is C26H24FN7. The minimum atomic E-state index is -0.275. The Kier molecular flexibility index (Phi) is 5.16. The van der Waals surface area contributed by atoms with Crippen LogP contribution >= 0.6 is 0 Å². The number of pyridine rings is 2. The Morgan fingerprint density at radius 3 is 2.85 bits per heavy atom. The van der Waals surface area contributed by atoms with E-state index in [1.54, 1.807) is 12.3 Å². The summed E-state index contributed by atoms with van der Waals surface area (Å²) in [6, 6.07) is 11.2. The summed E-state index contributed by atoms with van der Waals surface area (Å²) in [5, 5.41) is 15.9. The average molecular weight is 454 g/mol. The topological polar surface area (TPSA) is 94.3 Å². The van der Waals surface area contributed by atoms with Crippen molar-refractivity contribution in [3.63, 3.8) is 0 Å². The van der Waals surface area contributed by atoms with E-state index in [0.29, 0.717) is 12.2 Å². The maximum atomic E-state index is 14.3. The zero-order valence-electron chi connectivity index (χ0n) is 18.7. The second-order valence-electron chi connectivity index (χ2n) is 8.56. The lowest BCUT2D eigenvalue weighted by molar-refractivity contribution is 0.624. The number of aromatic nitrogens is 5. The summed E-state index contributed by atoms with van der Waals surface area (Å²) < 4.78 is 14.3. The van der Waals surface area contributed by atoms with Crippen molar-refractivity contribution >= 4 is 27.5 Å². The normalized spacial score (nSPS) is 14.1. The highest BCUT2D eigenvalue weighted by Gasteiger charge is 2.16. The summed E-state index contributed by atoms with van der Waals surface area (Å²) in [7, 11) is 1.85. The number of benzene rings is 1. The third-order valence-electron chi connectivity index (χ3n) is 6.27. The van der Waals surface area contributed by atoms with Gasteiger partial charge in [0.2, 0.25) is 0 Å².